The van der Waals surface area contributed by atoms with Crippen molar-refractivity contribution in [2.45, 2.75) is 57.9 Å². The minimum atomic E-state index is 0.137. The van der Waals surface area contributed by atoms with Crippen molar-refractivity contribution in [3.05, 3.63) is 0 Å². The fraction of sp³-hybridized carbons (Fsp3) is 0.923. The molecule has 1 aliphatic heterocycles. The summed E-state index contributed by atoms with van der Waals surface area (Å²) in [6, 6.07) is 0.174. The fourth-order valence-corrected chi connectivity index (χ4v) is 2.85. The summed E-state index contributed by atoms with van der Waals surface area (Å²) in [5.41, 5.74) is 0.137. The zero-order chi connectivity index (χ0) is 11.6. The molecule has 2 rings (SSSR count). The monoisotopic (exact) mass is 224 g/mol. The van der Waals surface area contributed by atoms with Crippen molar-refractivity contribution in [2.24, 2.45) is 5.92 Å². The lowest BCUT2D eigenvalue weighted by Gasteiger charge is -2.44. The lowest BCUT2D eigenvalue weighted by molar-refractivity contribution is 0.131. The Morgan fingerprint density at radius 2 is 2.19 bits per heavy atom. The van der Waals surface area contributed by atoms with Gasteiger partial charge in [0.2, 0.25) is 0 Å². The summed E-state index contributed by atoms with van der Waals surface area (Å²) in [5, 5.41) is 3.26. The van der Waals surface area contributed by atoms with Crippen LogP contribution in [0.3, 0.4) is 0 Å². The second-order valence-electron chi connectivity index (χ2n) is 5.61. The standard InChI is InChI=1S/C13H24N2O/c1-3-13(7-5-8-13)14-12(16)15-9-4-6-11(2)10-15/h11H,3-10H2,1-2H3,(H,14,16). The molecule has 0 radical (unpaired) electrons. The molecule has 1 saturated carbocycles. The minimum absolute atomic E-state index is 0.137. The van der Waals surface area contributed by atoms with E-state index >= 15 is 0 Å². The lowest BCUT2D eigenvalue weighted by Crippen LogP contribution is -2.57. The topological polar surface area (TPSA) is 32.3 Å². The average Bonchev–Trinajstić information content (AvgIpc) is 2.23. The molecule has 1 N–H and O–H groups in total. The fourth-order valence-electron chi connectivity index (χ4n) is 2.85. The Hall–Kier alpha value is -0.730. The normalized spacial score (nSPS) is 28.4. The van der Waals surface area contributed by atoms with E-state index in [4.69, 9.17) is 0 Å². The van der Waals surface area contributed by atoms with Gasteiger partial charge < -0.3 is 10.2 Å². The van der Waals surface area contributed by atoms with Gasteiger partial charge >= 0.3 is 6.03 Å². The number of nitrogens with zero attached hydrogens (tertiary/aromatic N) is 1. The van der Waals surface area contributed by atoms with Crippen LogP contribution in [0.4, 0.5) is 4.79 Å². The number of hydrogen-bond acceptors (Lipinski definition) is 1. The number of carbonyl (C=O) groups is 1. The van der Waals surface area contributed by atoms with Gasteiger partial charge in [-0.05, 0) is 44.4 Å². The van der Waals surface area contributed by atoms with Crippen LogP contribution in [0.1, 0.15) is 52.4 Å². The highest BCUT2D eigenvalue weighted by molar-refractivity contribution is 5.75. The van der Waals surface area contributed by atoms with Crippen molar-refractivity contribution in [3.63, 3.8) is 0 Å². The highest BCUT2D eigenvalue weighted by Crippen LogP contribution is 2.34. The first-order valence-electron chi connectivity index (χ1n) is 6.72. The smallest absolute Gasteiger partial charge is 0.317 e. The molecule has 1 saturated heterocycles. The molecular weight excluding hydrogens is 200 g/mol. The Morgan fingerprint density at radius 1 is 1.44 bits per heavy atom. The van der Waals surface area contributed by atoms with Crippen molar-refractivity contribution >= 4 is 6.03 Å². The van der Waals surface area contributed by atoms with Gasteiger partial charge in [0.25, 0.3) is 0 Å². The van der Waals surface area contributed by atoms with Crippen LogP contribution in [0, 0.1) is 5.92 Å². The third-order valence-corrected chi connectivity index (χ3v) is 4.30. The predicted molar refractivity (Wildman–Crippen MR) is 65.4 cm³/mol. The molecule has 2 fully saturated rings. The largest absolute Gasteiger partial charge is 0.333 e. The Kier molecular flexibility index (Phi) is 3.41. The zero-order valence-electron chi connectivity index (χ0n) is 10.6. The molecule has 1 heterocycles. The predicted octanol–water partition coefficient (Wildman–Crippen LogP) is 2.76. The second-order valence-corrected chi connectivity index (χ2v) is 5.61. The summed E-state index contributed by atoms with van der Waals surface area (Å²) in [6.07, 6.45) is 7.10. The first-order chi connectivity index (χ1) is 7.65. The molecule has 0 aromatic heterocycles. The van der Waals surface area contributed by atoms with E-state index in [9.17, 15) is 4.79 Å². The molecule has 92 valence electrons. The molecule has 2 amide bonds. The molecule has 1 aliphatic carbocycles. The van der Waals surface area contributed by atoms with Crippen molar-refractivity contribution in [1.82, 2.24) is 10.2 Å². The van der Waals surface area contributed by atoms with Gasteiger partial charge in [-0.25, -0.2) is 4.79 Å². The number of carbonyl (C=O) groups excluding carboxylic acids is 1. The summed E-state index contributed by atoms with van der Waals surface area (Å²) in [4.78, 5) is 14.1. The van der Waals surface area contributed by atoms with E-state index in [1.54, 1.807) is 0 Å². The molecular formula is C13H24N2O. The molecule has 16 heavy (non-hydrogen) atoms. The number of piperidine rings is 1. The van der Waals surface area contributed by atoms with Crippen molar-refractivity contribution in [3.8, 4) is 0 Å². The Labute approximate surface area is 98.6 Å². The van der Waals surface area contributed by atoms with Gasteiger partial charge in [-0.15, -0.1) is 0 Å². The van der Waals surface area contributed by atoms with Crippen LogP contribution in [0.25, 0.3) is 0 Å². The van der Waals surface area contributed by atoms with Crippen LogP contribution in [0.5, 0.6) is 0 Å². The van der Waals surface area contributed by atoms with E-state index in [0.29, 0.717) is 5.92 Å². The summed E-state index contributed by atoms with van der Waals surface area (Å²) in [5.74, 6) is 0.665. The number of likely N-dealkylation sites (tertiary alicyclic amines) is 1. The van der Waals surface area contributed by atoms with Crippen molar-refractivity contribution < 1.29 is 4.79 Å². The van der Waals surface area contributed by atoms with Crippen LogP contribution in [-0.4, -0.2) is 29.6 Å². The molecule has 0 aromatic carbocycles. The molecule has 1 unspecified atom stereocenters. The lowest BCUT2D eigenvalue weighted by atomic mass is 9.75. The first kappa shape index (κ1) is 11.7. The van der Waals surface area contributed by atoms with E-state index in [1.807, 2.05) is 4.90 Å². The molecule has 0 aromatic rings. The van der Waals surface area contributed by atoms with Crippen molar-refractivity contribution in [1.29, 1.82) is 0 Å². The third-order valence-electron chi connectivity index (χ3n) is 4.30. The SMILES string of the molecule is CCC1(NC(=O)N2CCCC(C)C2)CCC1. The number of amides is 2. The van der Waals surface area contributed by atoms with Gasteiger partial charge in [-0.1, -0.05) is 13.8 Å². The maximum atomic E-state index is 12.1. The van der Waals surface area contributed by atoms with Crippen LogP contribution < -0.4 is 5.32 Å². The maximum Gasteiger partial charge on any atom is 0.317 e. The molecule has 2 aliphatic rings. The van der Waals surface area contributed by atoms with Gasteiger partial charge in [0.05, 0.1) is 0 Å². The van der Waals surface area contributed by atoms with Crippen molar-refractivity contribution in [2.75, 3.05) is 13.1 Å². The summed E-state index contributed by atoms with van der Waals surface area (Å²) in [7, 11) is 0. The molecule has 0 bridgehead atoms. The summed E-state index contributed by atoms with van der Waals surface area (Å²) in [6.45, 7) is 6.29. The Bertz CT molecular complexity index is 255. The number of urea groups is 1. The third kappa shape index (κ3) is 2.33. The Morgan fingerprint density at radius 3 is 2.69 bits per heavy atom. The quantitative estimate of drug-likeness (QED) is 0.768. The molecule has 1 atom stereocenters. The average molecular weight is 224 g/mol. The Balaban J connectivity index is 1.87. The van der Waals surface area contributed by atoms with E-state index in [1.165, 1.54) is 25.7 Å². The summed E-state index contributed by atoms with van der Waals surface area (Å²) >= 11 is 0. The van der Waals surface area contributed by atoms with Gasteiger partial charge in [-0.2, -0.15) is 0 Å². The van der Waals surface area contributed by atoms with E-state index in [0.717, 1.165) is 25.9 Å². The number of hydrogen-bond donors (Lipinski definition) is 1. The number of rotatable bonds is 2. The van der Waals surface area contributed by atoms with Gasteiger partial charge in [0.1, 0.15) is 0 Å². The van der Waals surface area contributed by atoms with Gasteiger partial charge in [0, 0.05) is 18.6 Å². The molecule has 0 spiro atoms. The minimum Gasteiger partial charge on any atom is -0.333 e. The second kappa shape index (κ2) is 4.64. The van der Waals surface area contributed by atoms with E-state index in [-0.39, 0.29) is 11.6 Å². The van der Waals surface area contributed by atoms with Crippen LogP contribution in [0.2, 0.25) is 0 Å². The van der Waals surface area contributed by atoms with Gasteiger partial charge in [0.15, 0.2) is 0 Å². The zero-order valence-corrected chi connectivity index (χ0v) is 10.6. The molecule has 3 nitrogen and oxygen atoms in total. The highest BCUT2D eigenvalue weighted by Gasteiger charge is 2.37. The van der Waals surface area contributed by atoms with E-state index < -0.39 is 0 Å². The van der Waals surface area contributed by atoms with Crippen LogP contribution in [-0.2, 0) is 0 Å². The summed E-state index contributed by atoms with van der Waals surface area (Å²) < 4.78 is 0. The highest BCUT2D eigenvalue weighted by atomic mass is 16.2. The van der Waals surface area contributed by atoms with Gasteiger partial charge in [-0.3, -0.25) is 0 Å². The first-order valence-corrected chi connectivity index (χ1v) is 6.72. The van der Waals surface area contributed by atoms with Crippen LogP contribution in [0.15, 0.2) is 0 Å². The number of nitrogens with one attached hydrogen (secondary N) is 1. The molecule has 3 heteroatoms. The maximum absolute atomic E-state index is 12.1. The van der Waals surface area contributed by atoms with E-state index in [2.05, 4.69) is 19.2 Å². The van der Waals surface area contributed by atoms with Crippen LogP contribution >= 0.6 is 0 Å².